The highest BCUT2D eigenvalue weighted by Crippen LogP contribution is 2.39. The van der Waals surface area contributed by atoms with Crippen molar-refractivity contribution in [2.24, 2.45) is 7.05 Å². The number of piperidine rings is 1. The molecule has 218 valence electrons. The molecule has 2 aromatic heterocycles. The van der Waals surface area contributed by atoms with Crippen molar-refractivity contribution >= 4 is 17.5 Å². The lowest BCUT2D eigenvalue weighted by atomic mass is 9.84. The molecule has 0 saturated carbocycles. The van der Waals surface area contributed by atoms with Crippen LogP contribution in [-0.4, -0.2) is 76.1 Å². The fraction of sp³-hybridized carbons (Fsp3) is 0.556. The van der Waals surface area contributed by atoms with Crippen molar-refractivity contribution in [2.75, 3.05) is 23.8 Å². The van der Waals surface area contributed by atoms with Gasteiger partial charge >= 0.3 is 5.69 Å². The number of nitrogens with zero attached hydrogens (tertiary/aromatic N) is 8. The molecule has 3 N–H and O–H groups in total. The molecule has 0 aliphatic carbocycles. The second-order valence-corrected chi connectivity index (χ2v) is 11.9. The van der Waals surface area contributed by atoms with Gasteiger partial charge in [0.05, 0.1) is 18.5 Å². The minimum atomic E-state index is -1.07. The lowest BCUT2D eigenvalue weighted by Crippen LogP contribution is -2.55. The quantitative estimate of drug-likeness (QED) is 0.368. The first-order valence-electron chi connectivity index (χ1n) is 13.6. The van der Waals surface area contributed by atoms with Crippen LogP contribution < -0.4 is 21.1 Å². The minimum absolute atomic E-state index is 0.0151. The predicted molar refractivity (Wildman–Crippen MR) is 149 cm³/mol. The van der Waals surface area contributed by atoms with E-state index in [9.17, 15) is 15.2 Å². The van der Waals surface area contributed by atoms with Crippen molar-refractivity contribution < 1.29 is 14.2 Å². The third-order valence-electron chi connectivity index (χ3n) is 7.72. The molecular weight excluding hydrogens is 531 g/mol. The Kier molecular flexibility index (Phi) is 7.43. The number of nitrogens with one attached hydrogen (secondary N) is 2. The zero-order valence-corrected chi connectivity index (χ0v) is 23.8. The van der Waals surface area contributed by atoms with Crippen molar-refractivity contribution in [2.45, 2.75) is 76.6 Å². The number of halogens is 1. The summed E-state index contributed by atoms with van der Waals surface area (Å²) in [5.41, 5.74) is -1.29. The number of tetrazole rings is 1. The van der Waals surface area contributed by atoms with Crippen LogP contribution in [0.2, 0.25) is 0 Å². The molecule has 3 aromatic rings. The molecular formula is C27H35FN10O3. The number of hydrogen-bond donors (Lipinski definition) is 3. The SMILES string of the molecule is Cn1nnn(-c2cc(Nc3ncc(C#N)c(N[C@@H]4C[C@H]5CCCN5C(C)(C)C4)n3)c(F)cc2OC(C)(C)CO)c1=O. The van der Waals surface area contributed by atoms with Gasteiger partial charge in [-0.25, -0.2) is 14.2 Å². The monoisotopic (exact) mass is 566 g/mol. The van der Waals surface area contributed by atoms with E-state index in [4.69, 9.17) is 4.74 Å². The van der Waals surface area contributed by atoms with Crippen LogP contribution in [0.5, 0.6) is 5.75 Å². The van der Waals surface area contributed by atoms with E-state index >= 15 is 4.39 Å². The maximum atomic E-state index is 15.4. The summed E-state index contributed by atoms with van der Waals surface area (Å²) in [4.78, 5) is 24.0. The molecule has 4 heterocycles. The number of rotatable bonds is 8. The Bertz CT molecular complexity index is 1540. The molecule has 0 bridgehead atoms. The van der Waals surface area contributed by atoms with Gasteiger partial charge in [0.2, 0.25) is 5.95 Å². The lowest BCUT2D eigenvalue weighted by Gasteiger charge is -2.47. The fourth-order valence-electron chi connectivity index (χ4n) is 5.75. The van der Waals surface area contributed by atoms with Crippen molar-refractivity contribution in [3.63, 3.8) is 0 Å². The van der Waals surface area contributed by atoms with E-state index in [2.05, 4.69) is 55.8 Å². The van der Waals surface area contributed by atoms with Crippen molar-refractivity contribution in [3.05, 3.63) is 40.2 Å². The van der Waals surface area contributed by atoms with Gasteiger partial charge in [0.15, 0.2) is 5.82 Å². The summed E-state index contributed by atoms with van der Waals surface area (Å²) in [5.74, 6) is -0.302. The Morgan fingerprint density at radius 2 is 2.10 bits per heavy atom. The van der Waals surface area contributed by atoms with Crippen LogP contribution in [0.25, 0.3) is 5.69 Å². The topological polar surface area (TPSA) is 159 Å². The second-order valence-electron chi connectivity index (χ2n) is 11.9. The Hall–Kier alpha value is -4.09. The minimum Gasteiger partial charge on any atom is -0.483 e. The molecule has 2 saturated heterocycles. The molecule has 1 aromatic carbocycles. The highest BCUT2D eigenvalue weighted by molar-refractivity contribution is 5.64. The van der Waals surface area contributed by atoms with Crippen LogP contribution in [-0.2, 0) is 7.05 Å². The molecule has 2 atom stereocenters. The van der Waals surface area contributed by atoms with E-state index in [1.54, 1.807) is 13.8 Å². The molecule has 2 aliphatic heterocycles. The van der Waals surface area contributed by atoms with E-state index in [-0.39, 0.29) is 46.8 Å². The van der Waals surface area contributed by atoms with Gasteiger partial charge in [0, 0.05) is 30.7 Å². The molecule has 41 heavy (non-hydrogen) atoms. The van der Waals surface area contributed by atoms with Gasteiger partial charge in [0.25, 0.3) is 0 Å². The molecule has 2 fully saturated rings. The van der Waals surface area contributed by atoms with Crippen LogP contribution in [0.15, 0.2) is 23.1 Å². The number of aliphatic hydroxyl groups excluding tert-OH is 1. The molecule has 0 spiro atoms. The van der Waals surface area contributed by atoms with Gasteiger partial charge in [-0.1, -0.05) is 0 Å². The highest BCUT2D eigenvalue weighted by atomic mass is 19.1. The Morgan fingerprint density at radius 1 is 1.32 bits per heavy atom. The number of aliphatic hydroxyl groups is 1. The Morgan fingerprint density at radius 3 is 2.78 bits per heavy atom. The van der Waals surface area contributed by atoms with Crippen LogP contribution in [0.4, 0.5) is 21.8 Å². The first-order chi connectivity index (χ1) is 19.4. The first-order valence-corrected chi connectivity index (χ1v) is 13.6. The number of fused-ring (bicyclic) bond motifs is 1. The van der Waals surface area contributed by atoms with E-state index in [1.165, 1.54) is 25.7 Å². The number of hydrogen-bond acceptors (Lipinski definition) is 11. The Labute approximate surface area is 236 Å². The predicted octanol–water partition coefficient (Wildman–Crippen LogP) is 2.48. The number of ether oxygens (including phenoxy) is 1. The van der Waals surface area contributed by atoms with Crippen LogP contribution in [0, 0.1) is 17.1 Å². The maximum Gasteiger partial charge on any atom is 0.368 e. The van der Waals surface area contributed by atoms with E-state index < -0.39 is 17.1 Å². The average molecular weight is 567 g/mol. The molecule has 0 radical (unpaired) electrons. The first kappa shape index (κ1) is 28.4. The molecule has 0 unspecified atom stereocenters. The highest BCUT2D eigenvalue weighted by Gasteiger charge is 2.43. The summed E-state index contributed by atoms with van der Waals surface area (Å²) >= 11 is 0. The Balaban J connectivity index is 1.46. The van der Waals surface area contributed by atoms with Gasteiger partial charge in [-0.3, -0.25) is 4.90 Å². The zero-order valence-electron chi connectivity index (χ0n) is 23.8. The largest absolute Gasteiger partial charge is 0.483 e. The maximum absolute atomic E-state index is 15.4. The van der Waals surface area contributed by atoms with E-state index in [0.29, 0.717) is 11.9 Å². The fourth-order valence-corrected chi connectivity index (χ4v) is 5.75. The number of aromatic nitrogens is 6. The van der Waals surface area contributed by atoms with Crippen LogP contribution >= 0.6 is 0 Å². The molecule has 13 nitrogen and oxygen atoms in total. The van der Waals surface area contributed by atoms with Crippen LogP contribution in [0.3, 0.4) is 0 Å². The molecule has 14 heteroatoms. The van der Waals surface area contributed by atoms with Gasteiger partial charge in [0.1, 0.15) is 34.5 Å². The molecule has 5 rings (SSSR count). The molecule has 2 aliphatic rings. The molecule has 0 amide bonds. The summed E-state index contributed by atoms with van der Waals surface area (Å²) in [6.45, 7) is 8.48. The van der Waals surface area contributed by atoms with Crippen molar-refractivity contribution in [1.29, 1.82) is 5.26 Å². The van der Waals surface area contributed by atoms with Crippen molar-refractivity contribution in [3.8, 4) is 17.5 Å². The third-order valence-corrected chi connectivity index (χ3v) is 7.72. The second kappa shape index (κ2) is 10.7. The third kappa shape index (κ3) is 5.73. The number of benzene rings is 1. The van der Waals surface area contributed by atoms with Crippen molar-refractivity contribution in [1.82, 2.24) is 34.7 Å². The normalized spacial score (nSPS) is 20.3. The smallest absolute Gasteiger partial charge is 0.368 e. The van der Waals surface area contributed by atoms with E-state index in [0.717, 1.165) is 41.2 Å². The van der Waals surface area contributed by atoms with Gasteiger partial charge in [-0.2, -0.15) is 19.6 Å². The summed E-state index contributed by atoms with van der Waals surface area (Å²) in [6.07, 6.45) is 5.55. The number of anilines is 3. The summed E-state index contributed by atoms with van der Waals surface area (Å²) < 4.78 is 23.2. The standard InChI is InChI=1S/C27H35FN10O3/c1-26(2)12-17(9-18-7-6-8-37(18)26)31-23-16(13-29)14-30-24(33-23)32-20-11-21(38-25(40)36(5)34-35-38)22(10-19(20)28)41-27(3,4)15-39/h10-11,14,17-18,39H,6-9,12,15H2,1-5H3,(H2,30,31,32,33)/t17-,18-/m1/s1. The van der Waals surface area contributed by atoms with Gasteiger partial charge < -0.3 is 20.5 Å². The number of aryl methyl sites for hydroxylation is 1. The van der Waals surface area contributed by atoms with Gasteiger partial charge in [-0.15, -0.1) is 0 Å². The average Bonchev–Trinajstić information content (AvgIpc) is 3.52. The summed E-state index contributed by atoms with van der Waals surface area (Å²) in [6, 6.07) is 5.15. The summed E-state index contributed by atoms with van der Waals surface area (Å²) in [5, 5.41) is 33.3. The van der Waals surface area contributed by atoms with Crippen LogP contribution in [0.1, 0.15) is 58.9 Å². The lowest BCUT2D eigenvalue weighted by molar-refractivity contribution is 0.0408. The number of nitriles is 1. The zero-order chi connectivity index (χ0) is 29.5. The summed E-state index contributed by atoms with van der Waals surface area (Å²) in [7, 11) is 1.43. The van der Waals surface area contributed by atoms with E-state index in [1.807, 2.05) is 0 Å². The van der Waals surface area contributed by atoms with Gasteiger partial charge in [-0.05, 0) is 76.4 Å².